The lowest BCUT2D eigenvalue weighted by atomic mass is 10.1. The molecule has 0 fully saturated rings. The van der Waals surface area contributed by atoms with Gasteiger partial charge in [-0.25, -0.2) is 0 Å². The SMILES string of the molecule is CCCNC(C)c1cccc(SC(CCC)C(=O)O)c1. The number of benzene rings is 1. The second kappa shape index (κ2) is 9.03. The fraction of sp³-hybridized carbons (Fsp3) is 0.562. The summed E-state index contributed by atoms with van der Waals surface area (Å²) in [6.45, 7) is 7.30. The van der Waals surface area contributed by atoms with E-state index in [0.29, 0.717) is 12.5 Å². The zero-order chi connectivity index (χ0) is 15.0. The predicted octanol–water partition coefficient (Wildman–Crippen LogP) is 4.09. The number of aliphatic carboxylic acids is 1. The van der Waals surface area contributed by atoms with Crippen LogP contribution < -0.4 is 5.32 Å². The molecule has 1 rings (SSSR count). The molecule has 0 bridgehead atoms. The number of carboxylic acid groups (broad SMARTS) is 1. The first kappa shape index (κ1) is 17.1. The lowest BCUT2D eigenvalue weighted by Crippen LogP contribution is -2.19. The second-order valence-electron chi connectivity index (χ2n) is 4.98. The van der Waals surface area contributed by atoms with Crippen LogP contribution in [0.15, 0.2) is 29.2 Å². The summed E-state index contributed by atoms with van der Waals surface area (Å²) in [6, 6.07) is 8.49. The summed E-state index contributed by atoms with van der Waals surface area (Å²) in [4.78, 5) is 12.3. The molecule has 1 aromatic carbocycles. The van der Waals surface area contributed by atoms with Crippen molar-refractivity contribution in [1.82, 2.24) is 5.32 Å². The molecule has 0 aliphatic rings. The van der Waals surface area contributed by atoms with Gasteiger partial charge in [0.1, 0.15) is 5.25 Å². The van der Waals surface area contributed by atoms with Crippen molar-refractivity contribution in [1.29, 1.82) is 0 Å². The van der Waals surface area contributed by atoms with E-state index in [9.17, 15) is 9.90 Å². The molecule has 2 atom stereocenters. The molecule has 0 saturated heterocycles. The van der Waals surface area contributed by atoms with E-state index in [0.717, 1.165) is 24.3 Å². The van der Waals surface area contributed by atoms with Crippen molar-refractivity contribution in [2.24, 2.45) is 0 Å². The Labute approximate surface area is 126 Å². The molecule has 2 N–H and O–H groups in total. The summed E-state index contributed by atoms with van der Waals surface area (Å²) >= 11 is 1.45. The third-order valence-corrected chi connectivity index (χ3v) is 4.41. The molecule has 0 aliphatic carbocycles. The van der Waals surface area contributed by atoms with Gasteiger partial charge in [0.2, 0.25) is 0 Å². The van der Waals surface area contributed by atoms with Crippen LogP contribution in [0.4, 0.5) is 0 Å². The highest BCUT2D eigenvalue weighted by atomic mass is 32.2. The minimum Gasteiger partial charge on any atom is -0.480 e. The molecular formula is C16H25NO2S. The standard InChI is InChI=1S/C16H25NO2S/c1-4-7-15(16(18)19)20-14-9-6-8-13(11-14)12(3)17-10-5-2/h6,8-9,11-12,15,17H,4-5,7,10H2,1-3H3,(H,18,19). The van der Waals surface area contributed by atoms with Gasteiger partial charge in [-0.1, -0.05) is 32.4 Å². The van der Waals surface area contributed by atoms with Gasteiger partial charge in [-0.2, -0.15) is 0 Å². The summed E-state index contributed by atoms with van der Waals surface area (Å²) in [7, 11) is 0. The molecule has 2 unspecified atom stereocenters. The number of carboxylic acids is 1. The Morgan fingerprint density at radius 2 is 2.10 bits per heavy atom. The van der Waals surface area contributed by atoms with E-state index >= 15 is 0 Å². The maximum Gasteiger partial charge on any atom is 0.316 e. The number of nitrogens with one attached hydrogen (secondary N) is 1. The van der Waals surface area contributed by atoms with Gasteiger partial charge in [-0.15, -0.1) is 11.8 Å². The maximum absolute atomic E-state index is 11.2. The Balaban J connectivity index is 2.73. The van der Waals surface area contributed by atoms with Crippen molar-refractivity contribution in [3.05, 3.63) is 29.8 Å². The van der Waals surface area contributed by atoms with Gasteiger partial charge in [0.15, 0.2) is 0 Å². The van der Waals surface area contributed by atoms with Crippen LogP contribution in [0, 0.1) is 0 Å². The van der Waals surface area contributed by atoms with Crippen LogP contribution in [0.3, 0.4) is 0 Å². The van der Waals surface area contributed by atoms with Gasteiger partial charge in [0.05, 0.1) is 0 Å². The molecule has 0 spiro atoms. The summed E-state index contributed by atoms with van der Waals surface area (Å²) in [6.07, 6.45) is 2.70. The van der Waals surface area contributed by atoms with E-state index < -0.39 is 5.97 Å². The van der Waals surface area contributed by atoms with Crippen molar-refractivity contribution in [3.8, 4) is 0 Å². The Kier molecular flexibility index (Phi) is 7.70. The molecule has 0 amide bonds. The van der Waals surface area contributed by atoms with Crippen molar-refractivity contribution in [3.63, 3.8) is 0 Å². The van der Waals surface area contributed by atoms with E-state index in [1.54, 1.807) is 0 Å². The topological polar surface area (TPSA) is 49.3 Å². The summed E-state index contributed by atoms with van der Waals surface area (Å²) in [5.74, 6) is -0.723. The smallest absolute Gasteiger partial charge is 0.316 e. The predicted molar refractivity (Wildman–Crippen MR) is 85.3 cm³/mol. The molecule has 3 nitrogen and oxygen atoms in total. The molecule has 0 heterocycles. The number of rotatable bonds is 9. The number of thioether (sulfide) groups is 1. The molecule has 0 aromatic heterocycles. The highest BCUT2D eigenvalue weighted by Crippen LogP contribution is 2.28. The molecular weight excluding hydrogens is 270 g/mol. The minimum atomic E-state index is -0.723. The van der Waals surface area contributed by atoms with Crippen LogP contribution >= 0.6 is 11.8 Å². The van der Waals surface area contributed by atoms with Gasteiger partial charge in [-0.05, 0) is 44.0 Å². The van der Waals surface area contributed by atoms with Crippen molar-refractivity contribution in [2.75, 3.05) is 6.54 Å². The summed E-state index contributed by atoms with van der Waals surface area (Å²) in [5, 5.41) is 12.3. The van der Waals surface area contributed by atoms with Crippen molar-refractivity contribution >= 4 is 17.7 Å². The van der Waals surface area contributed by atoms with Gasteiger partial charge in [0, 0.05) is 10.9 Å². The summed E-state index contributed by atoms with van der Waals surface area (Å²) in [5.41, 5.74) is 1.21. The monoisotopic (exact) mass is 295 g/mol. The Hall–Kier alpha value is -1.00. The van der Waals surface area contributed by atoms with E-state index in [1.807, 2.05) is 19.1 Å². The Morgan fingerprint density at radius 1 is 1.35 bits per heavy atom. The maximum atomic E-state index is 11.2. The lowest BCUT2D eigenvalue weighted by Gasteiger charge is -2.16. The van der Waals surface area contributed by atoms with E-state index in [2.05, 4.69) is 31.3 Å². The van der Waals surface area contributed by atoms with Crippen LogP contribution in [0.5, 0.6) is 0 Å². The molecule has 4 heteroatoms. The quantitative estimate of drug-likeness (QED) is 0.674. The zero-order valence-electron chi connectivity index (χ0n) is 12.6. The largest absolute Gasteiger partial charge is 0.480 e. The van der Waals surface area contributed by atoms with Gasteiger partial charge >= 0.3 is 5.97 Å². The van der Waals surface area contributed by atoms with Crippen LogP contribution in [0.25, 0.3) is 0 Å². The summed E-state index contributed by atoms with van der Waals surface area (Å²) < 4.78 is 0. The third-order valence-electron chi connectivity index (χ3n) is 3.16. The molecule has 112 valence electrons. The first-order chi connectivity index (χ1) is 9.58. The fourth-order valence-electron chi connectivity index (χ4n) is 2.00. The Bertz CT molecular complexity index is 423. The van der Waals surface area contributed by atoms with E-state index in [-0.39, 0.29) is 5.25 Å². The fourth-order valence-corrected chi connectivity index (χ4v) is 3.14. The van der Waals surface area contributed by atoms with Gasteiger partial charge in [-0.3, -0.25) is 4.79 Å². The van der Waals surface area contributed by atoms with E-state index in [4.69, 9.17) is 0 Å². The third kappa shape index (κ3) is 5.55. The van der Waals surface area contributed by atoms with Crippen LogP contribution in [0.2, 0.25) is 0 Å². The van der Waals surface area contributed by atoms with Crippen molar-refractivity contribution in [2.45, 2.75) is 56.2 Å². The highest BCUT2D eigenvalue weighted by molar-refractivity contribution is 8.00. The minimum absolute atomic E-state index is 0.296. The number of carbonyl (C=O) groups is 1. The molecule has 0 saturated carbocycles. The molecule has 0 radical (unpaired) electrons. The van der Waals surface area contributed by atoms with Crippen LogP contribution in [-0.2, 0) is 4.79 Å². The Morgan fingerprint density at radius 3 is 2.70 bits per heavy atom. The molecule has 1 aromatic rings. The van der Waals surface area contributed by atoms with Crippen LogP contribution in [-0.4, -0.2) is 22.9 Å². The average Bonchev–Trinajstić information content (AvgIpc) is 2.44. The van der Waals surface area contributed by atoms with E-state index in [1.165, 1.54) is 17.3 Å². The molecule has 20 heavy (non-hydrogen) atoms. The number of hydrogen-bond donors (Lipinski definition) is 2. The second-order valence-corrected chi connectivity index (χ2v) is 6.26. The highest BCUT2D eigenvalue weighted by Gasteiger charge is 2.18. The van der Waals surface area contributed by atoms with Gasteiger partial charge < -0.3 is 10.4 Å². The van der Waals surface area contributed by atoms with Gasteiger partial charge in [0.25, 0.3) is 0 Å². The lowest BCUT2D eigenvalue weighted by molar-refractivity contribution is -0.136. The van der Waals surface area contributed by atoms with Crippen molar-refractivity contribution < 1.29 is 9.90 Å². The number of hydrogen-bond acceptors (Lipinski definition) is 3. The first-order valence-electron chi connectivity index (χ1n) is 7.31. The average molecular weight is 295 g/mol. The first-order valence-corrected chi connectivity index (χ1v) is 8.19. The normalized spacial score (nSPS) is 13.9. The molecule has 0 aliphatic heterocycles. The zero-order valence-corrected chi connectivity index (χ0v) is 13.4. The van der Waals surface area contributed by atoms with Crippen LogP contribution in [0.1, 0.15) is 51.6 Å².